The first-order valence-corrected chi connectivity index (χ1v) is 7.20. The molecule has 2 aliphatic rings. The standard InChI is InChI=1S/C12H19N3OS/c1-2-10-11(5-13)17-12(14-10)15-6-8-3-4-9(7-15)16-8/h8-9H,2-7,13H2,1H3. The molecule has 2 saturated heterocycles. The van der Waals surface area contributed by atoms with E-state index in [0.717, 1.165) is 24.6 Å². The molecule has 0 spiro atoms. The van der Waals surface area contributed by atoms with E-state index in [-0.39, 0.29) is 0 Å². The predicted molar refractivity (Wildman–Crippen MR) is 69.5 cm³/mol. The number of hydrogen-bond acceptors (Lipinski definition) is 5. The van der Waals surface area contributed by atoms with Gasteiger partial charge in [0.15, 0.2) is 5.13 Å². The van der Waals surface area contributed by atoms with Crippen LogP contribution in [-0.2, 0) is 17.7 Å². The Bertz CT molecular complexity index is 373. The van der Waals surface area contributed by atoms with Crippen LogP contribution in [0.3, 0.4) is 0 Å². The maximum atomic E-state index is 5.85. The molecule has 0 saturated carbocycles. The zero-order chi connectivity index (χ0) is 11.8. The number of thiazole rings is 1. The highest BCUT2D eigenvalue weighted by atomic mass is 32.1. The van der Waals surface area contributed by atoms with Gasteiger partial charge >= 0.3 is 0 Å². The average molecular weight is 253 g/mol. The van der Waals surface area contributed by atoms with Crippen LogP contribution in [0.2, 0.25) is 0 Å². The van der Waals surface area contributed by atoms with E-state index in [4.69, 9.17) is 15.5 Å². The van der Waals surface area contributed by atoms with Crippen molar-refractivity contribution in [1.82, 2.24) is 4.98 Å². The third-order valence-electron chi connectivity index (χ3n) is 3.60. The molecule has 3 rings (SSSR count). The van der Waals surface area contributed by atoms with E-state index in [0.29, 0.717) is 18.8 Å². The number of aromatic nitrogens is 1. The SMILES string of the molecule is CCc1nc(N2CC3CCC(C2)O3)sc1CN. The minimum absolute atomic E-state index is 0.420. The number of hydrogen-bond donors (Lipinski definition) is 1. The number of nitrogens with two attached hydrogens (primary N) is 1. The molecule has 3 heterocycles. The highest BCUT2D eigenvalue weighted by Gasteiger charge is 2.34. The van der Waals surface area contributed by atoms with Crippen LogP contribution in [0.1, 0.15) is 30.3 Å². The Hall–Kier alpha value is -0.650. The summed E-state index contributed by atoms with van der Waals surface area (Å²) in [6.45, 7) is 4.74. The van der Waals surface area contributed by atoms with Crippen LogP contribution >= 0.6 is 11.3 Å². The van der Waals surface area contributed by atoms with E-state index in [1.54, 1.807) is 11.3 Å². The smallest absolute Gasteiger partial charge is 0.186 e. The third kappa shape index (κ3) is 2.07. The van der Waals surface area contributed by atoms with Gasteiger partial charge in [-0.2, -0.15) is 0 Å². The van der Waals surface area contributed by atoms with Gasteiger partial charge < -0.3 is 15.4 Å². The molecule has 0 aromatic carbocycles. The molecule has 5 heteroatoms. The lowest BCUT2D eigenvalue weighted by Crippen LogP contribution is -2.42. The number of fused-ring (bicyclic) bond motifs is 2. The summed E-state index contributed by atoms with van der Waals surface area (Å²) in [5, 5.41) is 1.14. The maximum absolute atomic E-state index is 5.85. The Balaban J connectivity index is 1.81. The highest BCUT2D eigenvalue weighted by molar-refractivity contribution is 7.15. The second kappa shape index (κ2) is 4.55. The van der Waals surface area contributed by atoms with Crippen molar-refractivity contribution in [2.75, 3.05) is 18.0 Å². The van der Waals surface area contributed by atoms with E-state index in [1.165, 1.54) is 23.4 Å². The molecule has 2 fully saturated rings. The van der Waals surface area contributed by atoms with Crippen molar-refractivity contribution < 1.29 is 4.74 Å². The van der Waals surface area contributed by atoms with Gasteiger partial charge in [-0.1, -0.05) is 6.92 Å². The Kier molecular flexibility index (Phi) is 3.06. The van der Waals surface area contributed by atoms with Crippen LogP contribution in [0.25, 0.3) is 0 Å². The third-order valence-corrected chi connectivity index (χ3v) is 4.78. The van der Waals surface area contributed by atoms with E-state index in [1.807, 2.05) is 0 Å². The van der Waals surface area contributed by atoms with Crippen LogP contribution in [0.5, 0.6) is 0 Å². The maximum Gasteiger partial charge on any atom is 0.186 e. The first kappa shape index (κ1) is 11.4. The lowest BCUT2D eigenvalue weighted by atomic mass is 10.2. The fraction of sp³-hybridized carbons (Fsp3) is 0.750. The van der Waals surface area contributed by atoms with Gasteiger partial charge in [0.05, 0.1) is 17.9 Å². The summed E-state index contributed by atoms with van der Waals surface area (Å²) >= 11 is 1.76. The number of aryl methyl sites for hydroxylation is 1. The summed E-state index contributed by atoms with van der Waals surface area (Å²) < 4.78 is 5.85. The van der Waals surface area contributed by atoms with Gasteiger partial charge in [-0.3, -0.25) is 0 Å². The summed E-state index contributed by atoms with van der Waals surface area (Å²) in [6, 6.07) is 0. The van der Waals surface area contributed by atoms with Crippen LogP contribution < -0.4 is 10.6 Å². The van der Waals surface area contributed by atoms with E-state index in [9.17, 15) is 0 Å². The van der Waals surface area contributed by atoms with Crippen LogP contribution in [0.4, 0.5) is 5.13 Å². The molecule has 2 unspecified atom stereocenters. The van der Waals surface area contributed by atoms with Gasteiger partial charge in [0.1, 0.15) is 0 Å². The average Bonchev–Trinajstić information content (AvgIpc) is 2.92. The zero-order valence-corrected chi connectivity index (χ0v) is 11.0. The molecule has 0 radical (unpaired) electrons. The minimum atomic E-state index is 0.420. The van der Waals surface area contributed by atoms with Crippen LogP contribution in [0, 0.1) is 0 Å². The Morgan fingerprint density at radius 3 is 2.65 bits per heavy atom. The molecule has 1 aromatic heterocycles. The van der Waals surface area contributed by atoms with Crippen molar-refractivity contribution in [2.45, 2.75) is 44.9 Å². The van der Waals surface area contributed by atoms with E-state index >= 15 is 0 Å². The van der Waals surface area contributed by atoms with Gasteiger partial charge in [-0.15, -0.1) is 11.3 Å². The zero-order valence-electron chi connectivity index (χ0n) is 10.2. The Morgan fingerprint density at radius 1 is 1.41 bits per heavy atom. The first-order chi connectivity index (χ1) is 8.30. The number of nitrogens with zero attached hydrogens (tertiary/aromatic N) is 2. The fourth-order valence-corrected chi connectivity index (χ4v) is 3.76. The fourth-order valence-electron chi connectivity index (χ4n) is 2.71. The highest BCUT2D eigenvalue weighted by Crippen LogP contribution is 2.33. The first-order valence-electron chi connectivity index (χ1n) is 6.39. The predicted octanol–water partition coefficient (Wildman–Crippen LogP) is 1.53. The second-order valence-electron chi connectivity index (χ2n) is 4.79. The molecule has 0 aliphatic carbocycles. The van der Waals surface area contributed by atoms with E-state index < -0.39 is 0 Å². The van der Waals surface area contributed by atoms with Crippen molar-refractivity contribution in [3.8, 4) is 0 Å². The summed E-state index contributed by atoms with van der Waals surface area (Å²) in [5.74, 6) is 0. The Morgan fingerprint density at radius 2 is 2.12 bits per heavy atom. The molecule has 2 N–H and O–H groups in total. The van der Waals surface area contributed by atoms with Crippen molar-refractivity contribution >= 4 is 16.5 Å². The summed E-state index contributed by atoms with van der Waals surface area (Å²) in [6.07, 6.45) is 4.22. The number of morpholine rings is 1. The summed E-state index contributed by atoms with van der Waals surface area (Å²) in [7, 11) is 0. The largest absolute Gasteiger partial charge is 0.371 e. The molecule has 4 nitrogen and oxygen atoms in total. The van der Waals surface area contributed by atoms with E-state index in [2.05, 4.69) is 11.8 Å². The quantitative estimate of drug-likeness (QED) is 0.887. The summed E-state index contributed by atoms with van der Waals surface area (Å²) in [4.78, 5) is 8.35. The molecule has 2 aliphatic heterocycles. The van der Waals surface area contributed by atoms with Crippen LogP contribution in [0.15, 0.2) is 0 Å². The van der Waals surface area contributed by atoms with Crippen LogP contribution in [-0.4, -0.2) is 30.3 Å². The van der Waals surface area contributed by atoms with Gasteiger partial charge in [0.25, 0.3) is 0 Å². The van der Waals surface area contributed by atoms with Gasteiger partial charge in [0.2, 0.25) is 0 Å². The molecule has 94 valence electrons. The lowest BCUT2D eigenvalue weighted by molar-refractivity contribution is 0.0305. The number of ether oxygens (including phenoxy) is 1. The molecular weight excluding hydrogens is 234 g/mol. The number of rotatable bonds is 3. The molecular formula is C12H19N3OS. The van der Waals surface area contributed by atoms with Crippen molar-refractivity contribution in [1.29, 1.82) is 0 Å². The molecule has 2 atom stereocenters. The lowest BCUT2D eigenvalue weighted by Gasteiger charge is -2.31. The van der Waals surface area contributed by atoms with Gasteiger partial charge in [-0.25, -0.2) is 4.98 Å². The normalized spacial score (nSPS) is 27.8. The Labute approximate surface area is 106 Å². The summed E-state index contributed by atoms with van der Waals surface area (Å²) in [5.41, 5.74) is 6.94. The van der Waals surface area contributed by atoms with Gasteiger partial charge in [-0.05, 0) is 19.3 Å². The topological polar surface area (TPSA) is 51.4 Å². The van der Waals surface area contributed by atoms with Crippen molar-refractivity contribution in [3.05, 3.63) is 10.6 Å². The molecule has 2 bridgehead atoms. The number of anilines is 1. The molecule has 17 heavy (non-hydrogen) atoms. The second-order valence-corrected chi connectivity index (χ2v) is 5.85. The van der Waals surface area contributed by atoms with Crippen molar-refractivity contribution in [3.63, 3.8) is 0 Å². The molecule has 1 aromatic rings. The monoisotopic (exact) mass is 253 g/mol. The minimum Gasteiger partial charge on any atom is -0.371 e. The van der Waals surface area contributed by atoms with Gasteiger partial charge in [0, 0.05) is 24.5 Å². The molecule has 0 amide bonds. The van der Waals surface area contributed by atoms with Crippen molar-refractivity contribution in [2.24, 2.45) is 5.73 Å².